The minimum atomic E-state index is 0.709. The summed E-state index contributed by atoms with van der Waals surface area (Å²) in [5.41, 5.74) is 0.849. The van der Waals surface area contributed by atoms with Crippen molar-refractivity contribution in [1.29, 1.82) is 0 Å². The predicted octanol–water partition coefficient (Wildman–Crippen LogP) is 3.90. The Bertz CT molecular complexity index is 724. The molecular weight excluding hydrogens is 308 g/mol. The number of imidazole rings is 1. The Hall–Kier alpha value is -2.01. The van der Waals surface area contributed by atoms with Crippen LogP contribution in [0.1, 0.15) is 0 Å². The largest absolute Gasteiger partial charge is 0.497 e. The van der Waals surface area contributed by atoms with Crippen LogP contribution in [0.25, 0.3) is 5.65 Å². The molecule has 3 rings (SSSR count). The Balaban J connectivity index is 1.99. The Morgan fingerprint density at radius 1 is 1.21 bits per heavy atom. The third-order valence-corrected chi connectivity index (χ3v) is 3.36. The molecule has 0 aliphatic rings. The first-order valence-electron chi connectivity index (χ1n) is 5.71. The van der Waals surface area contributed by atoms with Crippen molar-refractivity contribution in [3.05, 3.63) is 53.3 Å². The topological polar surface area (TPSA) is 35.8 Å². The molecule has 0 spiro atoms. The summed E-state index contributed by atoms with van der Waals surface area (Å²) < 4.78 is 13.8. The Labute approximate surface area is 118 Å². The number of nitrogens with zero attached hydrogens (tertiary/aromatic N) is 2. The lowest BCUT2D eigenvalue weighted by molar-refractivity contribution is 0.411. The van der Waals surface area contributed by atoms with Gasteiger partial charge >= 0.3 is 0 Å². The lowest BCUT2D eigenvalue weighted by Gasteiger charge is -2.10. The first-order valence-corrected chi connectivity index (χ1v) is 6.51. The van der Waals surface area contributed by atoms with Crippen LogP contribution in [0.4, 0.5) is 0 Å². The summed E-state index contributed by atoms with van der Waals surface area (Å²) in [7, 11) is 1.63. The van der Waals surface area contributed by atoms with Gasteiger partial charge in [-0.1, -0.05) is 6.07 Å². The normalized spacial score (nSPS) is 10.6. The maximum Gasteiger partial charge on any atom is 0.205 e. The van der Waals surface area contributed by atoms with Crippen molar-refractivity contribution in [2.45, 2.75) is 0 Å². The van der Waals surface area contributed by atoms with Crippen molar-refractivity contribution in [2.24, 2.45) is 0 Å². The molecule has 19 heavy (non-hydrogen) atoms. The summed E-state index contributed by atoms with van der Waals surface area (Å²) in [5.74, 6) is 2.21. The molecule has 0 atom stereocenters. The summed E-state index contributed by atoms with van der Waals surface area (Å²) in [4.78, 5) is 4.22. The molecule has 3 aromatic rings. The number of halogens is 1. The monoisotopic (exact) mass is 318 g/mol. The van der Waals surface area contributed by atoms with Gasteiger partial charge in [-0.2, -0.15) is 0 Å². The highest BCUT2D eigenvalue weighted by molar-refractivity contribution is 9.10. The van der Waals surface area contributed by atoms with E-state index in [1.807, 2.05) is 47.0 Å². The van der Waals surface area contributed by atoms with Gasteiger partial charge in [0.1, 0.15) is 17.1 Å². The Morgan fingerprint density at radius 2 is 2.11 bits per heavy atom. The standard InChI is InChI=1S/C14H11BrN2O2/c1-18-10-5-6-12(11(15)9-10)19-14-4-2-3-13-16-7-8-17(13)14/h2-9H,1H3. The minimum absolute atomic E-state index is 0.709. The van der Waals surface area contributed by atoms with Crippen molar-refractivity contribution in [3.8, 4) is 17.4 Å². The molecule has 2 heterocycles. The Kier molecular flexibility index (Phi) is 3.13. The molecule has 0 bridgehead atoms. The van der Waals surface area contributed by atoms with Gasteiger partial charge in [-0.3, -0.25) is 4.40 Å². The van der Waals surface area contributed by atoms with E-state index >= 15 is 0 Å². The lowest BCUT2D eigenvalue weighted by atomic mass is 10.3. The van der Waals surface area contributed by atoms with E-state index in [0.29, 0.717) is 5.88 Å². The van der Waals surface area contributed by atoms with Gasteiger partial charge in [-0.05, 0) is 46.3 Å². The number of hydrogen-bond acceptors (Lipinski definition) is 3. The molecule has 96 valence electrons. The molecule has 0 saturated carbocycles. The van der Waals surface area contributed by atoms with Gasteiger partial charge < -0.3 is 9.47 Å². The van der Waals surface area contributed by atoms with Gasteiger partial charge in [0.15, 0.2) is 0 Å². The van der Waals surface area contributed by atoms with E-state index < -0.39 is 0 Å². The van der Waals surface area contributed by atoms with Gasteiger partial charge in [0.2, 0.25) is 5.88 Å². The number of hydrogen-bond donors (Lipinski definition) is 0. The van der Waals surface area contributed by atoms with E-state index in [1.54, 1.807) is 13.3 Å². The van der Waals surface area contributed by atoms with E-state index in [2.05, 4.69) is 20.9 Å². The van der Waals surface area contributed by atoms with E-state index in [0.717, 1.165) is 21.6 Å². The highest BCUT2D eigenvalue weighted by atomic mass is 79.9. The molecule has 0 unspecified atom stereocenters. The van der Waals surface area contributed by atoms with Crippen LogP contribution in [0.5, 0.6) is 17.4 Å². The molecule has 0 saturated heterocycles. The van der Waals surface area contributed by atoms with Gasteiger partial charge in [0, 0.05) is 12.4 Å². The van der Waals surface area contributed by atoms with E-state index in [4.69, 9.17) is 9.47 Å². The molecule has 5 heteroatoms. The molecule has 0 fully saturated rings. The first-order chi connectivity index (χ1) is 9.28. The van der Waals surface area contributed by atoms with Crippen LogP contribution in [0, 0.1) is 0 Å². The summed E-state index contributed by atoms with van der Waals surface area (Å²) in [5, 5.41) is 0. The average molecular weight is 319 g/mol. The lowest BCUT2D eigenvalue weighted by Crippen LogP contribution is -1.93. The average Bonchev–Trinajstić information content (AvgIpc) is 2.90. The smallest absolute Gasteiger partial charge is 0.205 e. The van der Waals surface area contributed by atoms with E-state index in [-0.39, 0.29) is 0 Å². The van der Waals surface area contributed by atoms with Crippen molar-refractivity contribution in [3.63, 3.8) is 0 Å². The van der Waals surface area contributed by atoms with Gasteiger partial charge in [-0.25, -0.2) is 4.98 Å². The molecule has 0 aliphatic carbocycles. The zero-order valence-corrected chi connectivity index (χ0v) is 11.8. The number of pyridine rings is 1. The summed E-state index contributed by atoms with van der Waals surface area (Å²) in [6, 6.07) is 11.3. The first kappa shape index (κ1) is 12.0. The quantitative estimate of drug-likeness (QED) is 0.734. The number of benzene rings is 1. The van der Waals surface area contributed by atoms with E-state index in [9.17, 15) is 0 Å². The van der Waals surface area contributed by atoms with Crippen molar-refractivity contribution >= 4 is 21.6 Å². The fourth-order valence-electron chi connectivity index (χ4n) is 1.81. The number of aromatic nitrogens is 2. The van der Waals surface area contributed by atoms with Gasteiger partial charge in [0.05, 0.1) is 11.6 Å². The number of ether oxygens (including phenoxy) is 2. The van der Waals surface area contributed by atoms with Crippen LogP contribution < -0.4 is 9.47 Å². The van der Waals surface area contributed by atoms with Gasteiger partial charge in [0.25, 0.3) is 0 Å². The molecule has 2 aromatic heterocycles. The molecule has 4 nitrogen and oxygen atoms in total. The second kappa shape index (κ2) is 4.93. The molecule has 0 amide bonds. The number of fused-ring (bicyclic) bond motifs is 1. The molecule has 0 radical (unpaired) electrons. The zero-order chi connectivity index (χ0) is 13.2. The van der Waals surface area contributed by atoms with Crippen molar-refractivity contribution in [1.82, 2.24) is 9.38 Å². The highest BCUT2D eigenvalue weighted by Gasteiger charge is 2.07. The number of methoxy groups -OCH3 is 1. The summed E-state index contributed by atoms with van der Waals surface area (Å²) >= 11 is 3.47. The maximum absolute atomic E-state index is 5.90. The van der Waals surface area contributed by atoms with Crippen LogP contribution in [0.15, 0.2) is 53.3 Å². The molecule has 0 N–H and O–H groups in total. The van der Waals surface area contributed by atoms with Crippen LogP contribution >= 0.6 is 15.9 Å². The predicted molar refractivity (Wildman–Crippen MR) is 76.0 cm³/mol. The summed E-state index contributed by atoms with van der Waals surface area (Å²) in [6.45, 7) is 0. The minimum Gasteiger partial charge on any atom is -0.497 e. The van der Waals surface area contributed by atoms with Crippen molar-refractivity contribution < 1.29 is 9.47 Å². The zero-order valence-electron chi connectivity index (χ0n) is 10.2. The van der Waals surface area contributed by atoms with Crippen LogP contribution in [0.2, 0.25) is 0 Å². The third-order valence-electron chi connectivity index (χ3n) is 2.74. The third kappa shape index (κ3) is 2.29. The van der Waals surface area contributed by atoms with Crippen LogP contribution in [0.3, 0.4) is 0 Å². The van der Waals surface area contributed by atoms with Crippen molar-refractivity contribution in [2.75, 3.05) is 7.11 Å². The SMILES string of the molecule is COc1ccc(Oc2cccc3nccn23)c(Br)c1. The maximum atomic E-state index is 5.90. The number of rotatable bonds is 3. The van der Waals surface area contributed by atoms with E-state index in [1.165, 1.54) is 0 Å². The fourth-order valence-corrected chi connectivity index (χ4v) is 2.25. The highest BCUT2D eigenvalue weighted by Crippen LogP contribution is 2.32. The summed E-state index contributed by atoms with van der Waals surface area (Å²) in [6.07, 6.45) is 3.60. The molecule has 1 aromatic carbocycles. The second-order valence-corrected chi connectivity index (χ2v) is 4.77. The second-order valence-electron chi connectivity index (χ2n) is 3.92. The molecule has 0 aliphatic heterocycles. The fraction of sp³-hybridized carbons (Fsp3) is 0.0714. The van der Waals surface area contributed by atoms with Crippen LogP contribution in [-0.2, 0) is 0 Å². The van der Waals surface area contributed by atoms with Gasteiger partial charge in [-0.15, -0.1) is 0 Å². The van der Waals surface area contributed by atoms with Crippen LogP contribution in [-0.4, -0.2) is 16.5 Å². The Morgan fingerprint density at radius 3 is 2.89 bits per heavy atom. The molecular formula is C14H11BrN2O2.